The Hall–Kier alpha value is -1.44. The fourth-order valence-electron chi connectivity index (χ4n) is 0.813. The number of carbonyl (C=O) groups is 2. The van der Waals surface area contributed by atoms with E-state index in [1.54, 1.807) is 0 Å². The summed E-state index contributed by atoms with van der Waals surface area (Å²) in [5.41, 5.74) is -0.0971. The number of rotatable bonds is 2. The van der Waals surface area contributed by atoms with Crippen molar-refractivity contribution in [2.24, 2.45) is 0 Å². The average molecular weight is 239 g/mol. The highest BCUT2D eigenvalue weighted by Crippen LogP contribution is 2.26. The van der Waals surface area contributed by atoms with E-state index in [1.807, 2.05) is 0 Å². The van der Waals surface area contributed by atoms with Crippen molar-refractivity contribution in [3.63, 3.8) is 0 Å². The molecule has 0 unspecified atom stereocenters. The van der Waals surface area contributed by atoms with Crippen molar-refractivity contribution in [1.82, 2.24) is 4.98 Å². The number of halogens is 3. The van der Waals surface area contributed by atoms with Crippen LogP contribution in [0.3, 0.4) is 0 Å². The van der Waals surface area contributed by atoms with Gasteiger partial charge in [0, 0.05) is 0 Å². The summed E-state index contributed by atoms with van der Waals surface area (Å²) < 4.78 is 35.8. The molecular weight excluding hydrogens is 235 g/mol. The lowest BCUT2D eigenvalue weighted by atomic mass is 10.4. The van der Waals surface area contributed by atoms with E-state index in [0.29, 0.717) is 0 Å². The highest BCUT2D eigenvalue weighted by Gasteiger charge is 2.41. The van der Waals surface area contributed by atoms with Crippen LogP contribution in [0.1, 0.15) is 25.2 Å². The number of alkyl halides is 3. The number of carboxylic acid groups (broad SMARTS) is 1. The summed E-state index contributed by atoms with van der Waals surface area (Å²) >= 11 is 0.222. The van der Waals surface area contributed by atoms with Crippen LogP contribution in [0.15, 0.2) is 0 Å². The zero-order valence-corrected chi connectivity index (χ0v) is 8.07. The molecule has 15 heavy (non-hydrogen) atoms. The molecule has 1 rings (SSSR count). The monoisotopic (exact) mass is 239 g/mol. The van der Waals surface area contributed by atoms with E-state index < -0.39 is 22.9 Å². The molecule has 0 fully saturated rings. The quantitative estimate of drug-likeness (QED) is 0.800. The number of hydrogen-bond donors (Lipinski definition) is 1. The molecule has 4 nitrogen and oxygen atoms in total. The van der Waals surface area contributed by atoms with Gasteiger partial charge in [-0.2, -0.15) is 13.2 Å². The molecule has 0 aromatic carbocycles. The molecule has 0 radical (unpaired) electrons. The summed E-state index contributed by atoms with van der Waals surface area (Å²) in [6, 6.07) is 0. The minimum atomic E-state index is -5.03. The smallest absolute Gasteiger partial charge is 0.457 e. The van der Waals surface area contributed by atoms with Crippen molar-refractivity contribution in [2.75, 3.05) is 0 Å². The van der Waals surface area contributed by atoms with Crippen LogP contribution in [0, 0.1) is 6.92 Å². The van der Waals surface area contributed by atoms with E-state index in [1.165, 1.54) is 6.92 Å². The molecule has 1 aromatic heterocycles. The Bertz CT molecular complexity index is 424. The van der Waals surface area contributed by atoms with E-state index in [9.17, 15) is 22.8 Å². The summed E-state index contributed by atoms with van der Waals surface area (Å²) in [6.45, 7) is 1.23. The summed E-state index contributed by atoms with van der Waals surface area (Å²) in [7, 11) is 0. The lowest BCUT2D eigenvalue weighted by molar-refractivity contribution is -0.0885. The second kappa shape index (κ2) is 3.61. The van der Waals surface area contributed by atoms with Gasteiger partial charge in [-0.05, 0) is 6.92 Å². The lowest BCUT2D eigenvalue weighted by Crippen LogP contribution is -2.22. The maximum absolute atomic E-state index is 11.9. The van der Waals surface area contributed by atoms with Crippen molar-refractivity contribution in [3.05, 3.63) is 15.6 Å². The molecule has 1 aromatic rings. The SMILES string of the molecule is Cc1nc(C(=O)C(F)(F)F)sc1C(=O)O. The number of thiazole rings is 1. The number of carbonyl (C=O) groups excluding carboxylic acids is 1. The van der Waals surface area contributed by atoms with E-state index in [0.717, 1.165) is 0 Å². The van der Waals surface area contributed by atoms with Gasteiger partial charge in [0.1, 0.15) is 4.88 Å². The summed E-state index contributed by atoms with van der Waals surface area (Å²) in [5.74, 6) is -3.52. The molecule has 0 aliphatic rings. The zero-order chi connectivity index (χ0) is 11.8. The lowest BCUT2D eigenvalue weighted by Gasteiger charge is -1.99. The standard InChI is InChI=1S/C7H4F3NO3S/c1-2-3(6(13)14)15-5(11-2)4(12)7(8,9)10/h1H3,(H,13,14). The molecule has 0 bridgehead atoms. The molecule has 0 aliphatic carbocycles. The first-order chi connectivity index (χ1) is 6.73. The third kappa shape index (κ3) is 2.32. The molecule has 1 N–H and O–H groups in total. The van der Waals surface area contributed by atoms with Crippen LogP contribution >= 0.6 is 11.3 Å². The first-order valence-electron chi connectivity index (χ1n) is 3.55. The molecule has 8 heteroatoms. The second-order valence-corrected chi connectivity index (χ2v) is 3.56. The molecule has 0 saturated carbocycles. The number of hydrogen-bond acceptors (Lipinski definition) is 4. The third-order valence-corrected chi connectivity index (χ3v) is 2.59. The topological polar surface area (TPSA) is 67.3 Å². The van der Waals surface area contributed by atoms with E-state index in [2.05, 4.69) is 4.98 Å². The van der Waals surface area contributed by atoms with Crippen LogP contribution < -0.4 is 0 Å². The predicted molar refractivity (Wildman–Crippen MR) is 44.2 cm³/mol. The minimum Gasteiger partial charge on any atom is -0.477 e. The number of ketones is 1. The molecule has 0 atom stereocenters. The third-order valence-electron chi connectivity index (χ3n) is 1.44. The second-order valence-electron chi connectivity index (χ2n) is 2.57. The number of Topliss-reactive ketones (excluding diaryl/α,β-unsaturated/α-hetero) is 1. The first-order valence-corrected chi connectivity index (χ1v) is 4.37. The Morgan fingerprint density at radius 2 is 1.93 bits per heavy atom. The van der Waals surface area contributed by atoms with Gasteiger partial charge in [0.05, 0.1) is 5.69 Å². The fourth-order valence-corrected chi connectivity index (χ4v) is 1.68. The summed E-state index contributed by atoms with van der Waals surface area (Å²) in [4.78, 5) is 24.1. The van der Waals surface area contributed by atoms with Gasteiger partial charge >= 0.3 is 12.1 Å². The Balaban J connectivity index is 3.14. The maximum atomic E-state index is 11.9. The Labute approximate surface area is 85.4 Å². The number of carboxylic acids is 1. The maximum Gasteiger partial charge on any atom is 0.457 e. The van der Waals surface area contributed by atoms with Crippen LogP contribution in [0.25, 0.3) is 0 Å². The van der Waals surface area contributed by atoms with E-state index in [4.69, 9.17) is 5.11 Å². The highest BCUT2D eigenvalue weighted by molar-refractivity contribution is 7.15. The van der Waals surface area contributed by atoms with Crippen molar-refractivity contribution in [1.29, 1.82) is 0 Å². The molecule has 0 aliphatic heterocycles. The predicted octanol–water partition coefficient (Wildman–Crippen LogP) is 1.89. The van der Waals surface area contributed by atoms with Gasteiger partial charge in [-0.3, -0.25) is 4.79 Å². The van der Waals surface area contributed by atoms with Gasteiger partial charge in [0.15, 0.2) is 5.01 Å². The number of aryl methyl sites for hydroxylation is 1. The van der Waals surface area contributed by atoms with Gasteiger partial charge in [-0.1, -0.05) is 0 Å². The zero-order valence-electron chi connectivity index (χ0n) is 7.25. The normalized spacial score (nSPS) is 11.5. The van der Waals surface area contributed by atoms with E-state index in [-0.39, 0.29) is 21.9 Å². The van der Waals surface area contributed by atoms with Crippen LogP contribution in [-0.4, -0.2) is 28.0 Å². The summed E-state index contributed by atoms with van der Waals surface area (Å²) in [5, 5.41) is 7.69. The van der Waals surface area contributed by atoms with Crippen molar-refractivity contribution < 1.29 is 27.9 Å². The van der Waals surface area contributed by atoms with Crippen LogP contribution in [0.5, 0.6) is 0 Å². The number of aromatic nitrogens is 1. The minimum absolute atomic E-state index is 0.0971. The Morgan fingerprint density at radius 3 is 2.27 bits per heavy atom. The van der Waals surface area contributed by atoms with Gasteiger partial charge < -0.3 is 5.11 Å². The molecule has 1 heterocycles. The molecule has 0 amide bonds. The molecule has 0 saturated heterocycles. The Morgan fingerprint density at radius 1 is 1.40 bits per heavy atom. The number of nitrogens with zero attached hydrogens (tertiary/aromatic N) is 1. The first kappa shape index (κ1) is 11.6. The highest BCUT2D eigenvalue weighted by atomic mass is 32.1. The van der Waals surface area contributed by atoms with Gasteiger partial charge in [0.25, 0.3) is 5.78 Å². The molecular formula is C7H4F3NO3S. The molecule has 82 valence electrons. The van der Waals surface area contributed by atoms with E-state index >= 15 is 0 Å². The molecule has 0 spiro atoms. The van der Waals surface area contributed by atoms with Crippen molar-refractivity contribution >= 4 is 23.1 Å². The van der Waals surface area contributed by atoms with Gasteiger partial charge in [-0.25, -0.2) is 9.78 Å². The van der Waals surface area contributed by atoms with Crippen LogP contribution in [0.4, 0.5) is 13.2 Å². The van der Waals surface area contributed by atoms with Gasteiger partial charge in [-0.15, -0.1) is 11.3 Å². The average Bonchev–Trinajstić information content (AvgIpc) is 2.44. The summed E-state index contributed by atoms with van der Waals surface area (Å²) in [6.07, 6.45) is -5.03. The van der Waals surface area contributed by atoms with Crippen LogP contribution in [0.2, 0.25) is 0 Å². The van der Waals surface area contributed by atoms with Crippen molar-refractivity contribution in [2.45, 2.75) is 13.1 Å². The van der Waals surface area contributed by atoms with Crippen molar-refractivity contribution in [3.8, 4) is 0 Å². The largest absolute Gasteiger partial charge is 0.477 e. The van der Waals surface area contributed by atoms with Crippen LogP contribution in [-0.2, 0) is 0 Å². The number of aromatic carboxylic acids is 1. The fraction of sp³-hybridized carbons (Fsp3) is 0.286. The van der Waals surface area contributed by atoms with Gasteiger partial charge in [0.2, 0.25) is 0 Å². The Kier molecular flexibility index (Phi) is 2.80.